The number of rotatable bonds is 3. The molecule has 0 atom stereocenters. The average Bonchev–Trinajstić information content (AvgIpc) is 2.19. The molecule has 0 unspecified atom stereocenters. The lowest BCUT2D eigenvalue weighted by molar-refractivity contribution is 0.414. The van der Waals surface area contributed by atoms with Gasteiger partial charge in [-0.25, -0.2) is 0 Å². The third-order valence-corrected chi connectivity index (χ3v) is 2.64. The first kappa shape index (κ1) is 11.7. The molecule has 15 heavy (non-hydrogen) atoms. The molecule has 2 N–H and O–H groups in total. The Morgan fingerprint density at radius 1 is 1.13 bits per heavy atom. The summed E-state index contributed by atoms with van der Waals surface area (Å²) in [5, 5.41) is 18.1. The number of hydrogen-bond acceptors (Lipinski definition) is 3. The van der Waals surface area contributed by atoms with Crippen LogP contribution in [0, 0.1) is 0 Å². The maximum Gasteiger partial charge on any atom is 0.115 e. The van der Waals surface area contributed by atoms with Crippen LogP contribution in [-0.2, 0) is 0 Å². The summed E-state index contributed by atoms with van der Waals surface area (Å²) >= 11 is 1.59. The summed E-state index contributed by atoms with van der Waals surface area (Å²) in [5.41, 5.74) is 0. The fourth-order valence-electron chi connectivity index (χ4n) is 0.972. The van der Waals surface area contributed by atoms with Gasteiger partial charge in [0.15, 0.2) is 0 Å². The van der Waals surface area contributed by atoms with Crippen molar-refractivity contribution in [2.24, 2.45) is 0 Å². The molecular weight excluding hydrogens is 208 g/mol. The molecule has 0 aromatic heterocycles. The van der Waals surface area contributed by atoms with E-state index < -0.39 is 0 Å². The van der Waals surface area contributed by atoms with E-state index in [2.05, 4.69) is 0 Å². The summed E-state index contributed by atoms with van der Waals surface area (Å²) in [6.45, 7) is 3.60. The Labute approximate surface area is 94.0 Å². The molecule has 80 valence electrons. The molecule has 1 aromatic carbocycles. The van der Waals surface area contributed by atoms with Gasteiger partial charge in [0.25, 0.3) is 0 Å². The Balaban J connectivity index is 2.66. The first-order chi connectivity index (χ1) is 7.08. The predicted molar refractivity (Wildman–Crippen MR) is 64.1 cm³/mol. The van der Waals surface area contributed by atoms with Gasteiger partial charge in [-0.05, 0) is 55.2 Å². The van der Waals surface area contributed by atoms with Gasteiger partial charge in [0, 0.05) is 4.90 Å². The summed E-state index contributed by atoms with van der Waals surface area (Å²) in [7, 11) is 0. The van der Waals surface area contributed by atoms with E-state index in [1.54, 1.807) is 36.9 Å². The number of benzene rings is 1. The van der Waals surface area contributed by atoms with Crippen molar-refractivity contribution in [2.45, 2.75) is 18.7 Å². The van der Waals surface area contributed by atoms with Gasteiger partial charge in [-0.2, -0.15) is 0 Å². The molecular formula is C12H14O2S. The number of allylic oxidation sites excluding steroid dienone is 4. The molecule has 3 heteroatoms. The van der Waals surface area contributed by atoms with Crippen LogP contribution < -0.4 is 0 Å². The third kappa shape index (κ3) is 4.61. The highest BCUT2D eigenvalue weighted by Crippen LogP contribution is 2.27. The predicted octanol–water partition coefficient (Wildman–Crippen LogP) is 3.85. The summed E-state index contributed by atoms with van der Waals surface area (Å²) in [5.74, 6) is 0.563. The Morgan fingerprint density at radius 3 is 2.27 bits per heavy atom. The molecule has 0 aliphatic heterocycles. The lowest BCUT2D eigenvalue weighted by Crippen LogP contribution is -1.73. The van der Waals surface area contributed by atoms with Crippen molar-refractivity contribution in [3.05, 3.63) is 47.1 Å². The van der Waals surface area contributed by atoms with E-state index in [0.29, 0.717) is 5.76 Å². The average molecular weight is 222 g/mol. The molecule has 1 rings (SSSR count). The lowest BCUT2D eigenvalue weighted by Gasteiger charge is -2.00. The van der Waals surface area contributed by atoms with Crippen LogP contribution in [0.1, 0.15) is 13.8 Å². The number of aliphatic hydroxyl groups excluding tert-OH is 1. The maximum atomic E-state index is 9.10. The standard InChI is InChI=1S/C12H14O2S/c1-9(13)3-4-10(2)15-12-7-5-11(14)6-8-12/h3-8,13-14H,1-2H3/b9-3+,10-4+. The molecule has 1 aromatic rings. The van der Waals surface area contributed by atoms with Crippen molar-refractivity contribution in [2.75, 3.05) is 0 Å². The highest BCUT2D eigenvalue weighted by atomic mass is 32.2. The highest BCUT2D eigenvalue weighted by Gasteiger charge is 1.95. The van der Waals surface area contributed by atoms with Gasteiger partial charge < -0.3 is 10.2 Å². The lowest BCUT2D eigenvalue weighted by atomic mass is 10.3. The van der Waals surface area contributed by atoms with Gasteiger partial charge in [0.2, 0.25) is 0 Å². The molecule has 0 radical (unpaired) electrons. The van der Waals surface area contributed by atoms with Crippen LogP contribution >= 0.6 is 11.8 Å². The van der Waals surface area contributed by atoms with Crippen molar-refractivity contribution in [1.29, 1.82) is 0 Å². The Hall–Kier alpha value is -1.35. The van der Waals surface area contributed by atoms with Crippen molar-refractivity contribution < 1.29 is 10.2 Å². The number of aliphatic hydroxyl groups is 1. The molecule has 0 bridgehead atoms. The minimum absolute atomic E-state index is 0.270. The monoisotopic (exact) mass is 222 g/mol. The molecule has 0 aliphatic carbocycles. The number of hydrogen-bond donors (Lipinski definition) is 2. The first-order valence-electron chi connectivity index (χ1n) is 4.59. The molecule has 0 spiro atoms. The zero-order valence-corrected chi connectivity index (χ0v) is 9.58. The number of phenols is 1. The van der Waals surface area contributed by atoms with Gasteiger partial charge in [0.1, 0.15) is 5.75 Å². The molecule has 2 nitrogen and oxygen atoms in total. The minimum atomic E-state index is 0.270. The van der Waals surface area contributed by atoms with E-state index in [1.165, 1.54) is 0 Å². The summed E-state index contributed by atoms with van der Waals surface area (Å²) < 4.78 is 0. The van der Waals surface area contributed by atoms with Crippen LogP contribution in [0.25, 0.3) is 0 Å². The van der Waals surface area contributed by atoms with Crippen LogP contribution in [0.2, 0.25) is 0 Å². The van der Waals surface area contributed by atoms with Crippen LogP contribution in [0.3, 0.4) is 0 Å². The largest absolute Gasteiger partial charge is 0.513 e. The van der Waals surface area contributed by atoms with Crippen molar-refractivity contribution >= 4 is 11.8 Å². The van der Waals surface area contributed by atoms with Crippen LogP contribution in [0.5, 0.6) is 5.75 Å². The van der Waals surface area contributed by atoms with Crippen molar-refractivity contribution in [1.82, 2.24) is 0 Å². The SMILES string of the molecule is C/C(O)=C\C=C(/C)Sc1ccc(O)cc1. The molecule has 0 saturated carbocycles. The summed E-state index contributed by atoms with van der Waals surface area (Å²) in [4.78, 5) is 2.14. The van der Waals surface area contributed by atoms with Crippen molar-refractivity contribution in [3.8, 4) is 5.75 Å². The Bertz CT molecular complexity index is 373. The zero-order chi connectivity index (χ0) is 11.3. The number of phenolic OH excluding ortho intramolecular Hbond substituents is 1. The third-order valence-electron chi connectivity index (χ3n) is 1.67. The smallest absolute Gasteiger partial charge is 0.115 e. The van der Waals surface area contributed by atoms with Crippen LogP contribution in [0.4, 0.5) is 0 Å². The van der Waals surface area contributed by atoms with Gasteiger partial charge in [-0.1, -0.05) is 11.8 Å². The first-order valence-corrected chi connectivity index (χ1v) is 5.40. The van der Waals surface area contributed by atoms with E-state index in [0.717, 1.165) is 9.80 Å². The molecule has 0 saturated heterocycles. The van der Waals surface area contributed by atoms with Gasteiger partial charge in [-0.15, -0.1) is 0 Å². The Morgan fingerprint density at radius 2 is 1.73 bits per heavy atom. The zero-order valence-electron chi connectivity index (χ0n) is 8.77. The number of thioether (sulfide) groups is 1. The van der Waals surface area contributed by atoms with Crippen molar-refractivity contribution in [3.63, 3.8) is 0 Å². The maximum absolute atomic E-state index is 9.10. The number of aromatic hydroxyl groups is 1. The van der Waals surface area contributed by atoms with E-state index >= 15 is 0 Å². The molecule has 0 heterocycles. The highest BCUT2D eigenvalue weighted by molar-refractivity contribution is 8.03. The normalized spacial score (nSPS) is 12.9. The Kier molecular flexibility index (Phi) is 4.31. The van der Waals surface area contributed by atoms with E-state index in [9.17, 15) is 0 Å². The molecule has 0 aliphatic rings. The molecule has 0 fully saturated rings. The van der Waals surface area contributed by atoms with Gasteiger partial charge in [-0.3, -0.25) is 0 Å². The second-order valence-electron chi connectivity index (χ2n) is 3.18. The topological polar surface area (TPSA) is 40.5 Å². The minimum Gasteiger partial charge on any atom is -0.513 e. The second kappa shape index (κ2) is 5.51. The van der Waals surface area contributed by atoms with Gasteiger partial charge >= 0.3 is 0 Å². The van der Waals surface area contributed by atoms with Gasteiger partial charge in [0.05, 0.1) is 5.76 Å². The second-order valence-corrected chi connectivity index (χ2v) is 4.50. The summed E-state index contributed by atoms with van der Waals surface area (Å²) in [6.07, 6.45) is 3.51. The molecule has 0 amide bonds. The van der Waals surface area contributed by atoms with E-state index in [1.807, 2.05) is 25.1 Å². The fraction of sp³-hybridized carbons (Fsp3) is 0.167. The van der Waals surface area contributed by atoms with E-state index in [4.69, 9.17) is 10.2 Å². The van der Waals surface area contributed by atoms with Crippen LogP contribution in [0.15, 0.2) is 52.0 Å². The van der Waals surface area contributed by atoms with E-state index in [-0.39, 0.29) is 5.75 Å². The van der Waals surface area contributed by atoms with Crippen LogP contribution in [-0.4, -0.2) is 10.2 Å². The summed E-state index contributed by atoms with van der Waals surface area (Å²) in [6, 6.07) is 7.02. The quantitative estimate of drug-likeness (QED) is 0.463. The fourth-order valence-corrected chi connectivity index (χ4v) is 1.75.